The quantitative estimate of drug-likeness (QED) is 0.416. The topological polar surface area (TPSA) is 48.5 Å². The number of ether oxygens (including phenoxy) is 1. The van der Waals surface area contributed by atoms with Crippen LogP contribution in [-0.4, -0.2) is 13.0 Å². The van der Waals surface area contributed by atoms with Crippen LogP contribution in [0.25, 0.3) is 10.9 Å². The van der Waals surface area contributed by atoms with Crippen LogP contribution in [0.4, 0.5) is 0 Å². The zero-order valence-corrected chi connectivity index (χ0v) is 11.6. The molecule has 0 saturated heterocycles. The van der Waals surface area contributed by atoms with Gasteiger partial charge in [-0.25, -0.2) is 0 Å². The van der Waals surface area contributed by atoms with E-state index in [2.05, 4.69) is 5.10 Å². The summed E-state index contributed by atoms with van der Waals surface area (Å²) >= 11 is 0. The van der Waals surface area contributed by atoms with E-state index in [1.807, 2.05) is 36.4 Å². The molecule has 3 aromatic rings. The number of pyridine rings is 1. The molecule has 104 valence electrons. The molecular weight excluding hydrogens is 264 g/mol. The molecule has 0 amide bonds. The van der Waals surface area contributed by atoms with Gasteiger partial charge in [0, 0.05) is 17.5 Å². The minimum Gasteiger partial charge on any atom is -0.854 e. The minimum absolute atomic E-state index is 0.293. The van der Waals surface area contributed by atoms with E-state index in [1.54, 1.807) is 42.2 Å². The van der Waals surface area contributed by atoms with Crippen molar-refractivity contribution in [1.82, 2.24) is 0 Å². The zero-order chi connectivity index (χ0) is 14.7. The number of fused-ring (bicyclic) bond motifs is 1. The van der Waals surface area contributed by atoms with Crippen LogP contribution in [0.2, 0.25) is 0 Å². The number of methoxy groups -OCH3 is 1. The third-order valence-electron chi connectivity index (χ3n) is 3.22. The van der Waals surface area contributed by atoms with Crippen molar-refractivity contribution in [2.45, 2.75) is 0 Å². The molecule has 0 saturated carbocycles. The summed E-state index contributed by atoms with van der Waals surface area (Å²) in [6.07, 6.45) is 1.77. The summed E-state index contributed by atoms with van der Waals surface area (Å²) in [7, 11) is 1.59. The highest BCUT2D eigenvalue weighted by Gasteiger charge is 2.06. The van der Waals surface area contributed by atoms with Crippen LogP contribution in [0.5, 0.6) is 5.75 Å². The highest BCUT2D eigenvalue weighted by atomic mass is 16.5. The number of nitrogens with zero attached hydrogens (tertiary/aromatic N) is 2. The van der Waals surface area contributed by atoms with Crippen molar-refractivity contribution in [2.24, 2.45) is 5.10 Å². The van der Waals surface area contributed by atoms with Crippen LogP contribution in [0, 0.1) is 0 Å². The zero-order valence-electron chi connectivity index (χ0n) is 11.6. The second kappa shape index (κ2) is 5.63. The Kier molecular flexibility index (Phi) is 3.51. The Bertz CT molecular complexity index is 790. The molecule has 0 radical (unpaired) electrons. The Balaban J connectivity index is 2.02. The Morgan fingerprint density at radius 1 is 1.00 bits per heavy atom. The van der Waals surface area contributed by atoms with Gasteiger partial charge >= 0.3 is 0 Å². The van der Waals surface area contributed by atoms with Gasteiger partial charge in [0.15, 0.2) is 0 Å². The van der Waals surface area contributed by atoms with Gasteiger partial charge in [-0.15, -0.1) is 0 Å². The SMILES string of the molecule is COc1ccc(/C([O-])=N/[n+]2cccc3ccccc32)cc1. The monoisotopic (exact) mass is 278 g/mol. The average Bonchev–Trinajstić information content (AvgIpc) is 2.55. The van der Waals surface area contributed by atoms with Crippen LogP contribution in [0.1, 0.15) is 5.56 Å². The summed E-state index contributed by atoms with van der Waals surface area (Å²) in [5, 5.41) is 17.4. The maximum absolute atomic E-state index is 12.2. The van der Waals surface area contributed by atoms with Crippen molar-refractivity contribution in [3.8, 4) is 5.75 Å². The predicted octanol–water partition coefficient (Wildman–Crippen LogP) is 1.71. The van der Waals surface area contributed by atoms with E-state index in [9.17, 15) is 5.11 Å². The molecule has 0 unspecified atom stereocenters. The van der Waals surface area contributed by atoms with Gasteiger partial charge in [-0.1, -0.05) is 28.9 Å². The van der Waals surface area contributed by atoms with E-state index >= 15 is 0 Å². The molecule has 0 aliphatic heterocycles. The van der Waals surface area contributed by atoms with E-state index in [-0.39, 0.29) is 5.90 Å². The fourth-order valence-corrected chi connectivity index (χ4v) is 2.12. The van der Waals surface area contributed by atoms with Crippen molar-refractivity contribution in [3.63, 3.8) is 0 Å². The third kappa shape index (κ3) is 2.69. The minimum atomic E-state index is -0.293. The predicted molar refractivity (Wildman–Crippen MR) is 79.1 cm³/mol. The summed E-state index contributed by atoms with van der Waals surface area (Å²) in [6.45, 7) is 0. The Labute approximate surface area is 122 Å². The first kappa shape index (κ1) is 13.1. The Hall–Kier alpha value is -2.88. The number of hydrogen-bond acceptors (Lipinski definition) is 3. The summed E-state index contributed by atoms with van der Waals surface area (Å²) < 4.78 is 6.68. The van der Waals surface area contributed by atoms with E-state index < -0.39 is 0 Å². The van der Waals surface area contributed by atoms with Gasteiger partial charge in [0.1, 0.15) is 5.75 Å². The maximum Gasteiger partial charge on any atom is 0.245 e. The molecule has 0 atom stereocenters. The summed E-state index contributed by atoms with van der Waals surface area (Å²) in [6, 6.07) is 18.6. The number of benzene rings is 2. The largest absolute Gasteiger partial charge is 0.854 e. The molecule has 4 nitrogen and oxygen atoms in total. The van der Waals surface area contributed by atoms with Crippen LogP contribution in [-0.2, 0) is 0 Å². The molecule has 21 heavy (non-hydrogen) atoms. The van der Waals surface area contributed by atoms with Crippen LogP contribution in [0.3, 0.4) is 0 Å². The standard InChI is InChI=1S/C17H14N2O2/c1-21-15-10-8-14(9-11-15)17(20)18-19-12-4-6-13-5-2-3-7-16(13)19/h2-12H,1H3. The summed E-state index contributed by atoms with van der Waals surface area (Å²) in [4.78, 5) is 0. The number of aromatic nitrogens is 1. The van der Waals surface area contributed by atoms with Crippen molar-refractivity contribution >= 4 is 16.8 Å². The summed E-state index contributed by atoms with van der Waals surface area (Å²) in [5.74, 6) is 0.420. The lowest BCUT2D eigenvalue weighted by Gasteiger charge is -2.08. The first-order valence-corrected chi connectivity index (χ1v) is 6.58. The van der Waals surface area contributed by atoms with Gasteiger partial charge in [0.2, 0.25) is 11.7 Å². The fourth-order valence-electron chi connectivity index (χ4n) is 2.12. The highest BCUT2D eigenvalue weighted by Crippen LogP contribution is 2.11. The van der Waals surface area contributed by atoms with Crippen LogP contribution < -0.4 is 14.5 Å². The molecule has 0 aliphatic carbocycles. The molecule has 3 rings (SSSR count). The third-order valence-corrected chi connectivity index (χ3v) is 3.22. The molecule has 1 heterocycles. The second-order valence-corrected chi connectivity index (χ2v) is 4.55. The lowest BCUT2D eigenvalue weighted by Crippen LogP contribution is -2.34. The van der Waals surface area contributed by atoms with Crippen molar-refractivity contribution in [3.05, 3.63) is 72.4 Å². The molecule has 2 aromatic carbocycles. The van der Waals surface area contributed by atoms with Crippen molar-refractivity contribution < 1.29 is 14.5 Å². The highest BCUT2D eigenvalue weighted by molar-refractivity contribution is 5.90. The molecule has 1 aromatic heterocycles. The molecule has 4 heteroatoms. The number of rotatable bonds is 3. The van der Waals surface area contributed by atoms with Gasteiger partial charge in [-0.05, 0) is 34.9 Å². The molecule has 0 N–H and O–H groups in total. The number of para-hydroxylation sites is 1. The lowest BCUT2D eigenvalue weighted by molar-refractivity contribution is -0.655. The Morgan fingerprint density at radius 2 is 1.71 bits per heavy atom. The van der Waals surface area contributed by atoms with Gasteiger partial charge < -0.3 is 9.84 Å². The van der Waals surface area contributed by atoms with E-state index in [0.717, 1.165) is 10.9 Å². The van der Waals surface area contributed by atoms with Crippen molar-refractivity contribution in [2.75, 3.05) is 7.11 Å². The normalized spacial score (nSPS) is 11.6. The van der Waals surface area contributed by atoms with Gasteiger partial charge in [-0.3, -0.25) is 0 Å². The van der Waals surface area contributed by atoms with Gasteiger partial charge in [-0.2, -0.15) is 0 Å². The second-order valence-electron chi connectivity index (χ2n) is 4.55. The van der Waals surface area contributed by atoms with E-state index in [1.165, 1.54) is 0 Å². The first-order valence-electron chi connectivity index (χ1n) is 6.58. The van der Waals surface area contributed by atoms with Crippen molar-refractivity contribution in [1.29, 1.82) is 0 Å². The van der Waals surface area contributed by atoms with Gasteiger partial charge in [0.25, 0.3) is 0 Å². The van der Waals surface area contributed by atoms with Gasteiger partial charge in [0.05, 0.1) is 13.0 Å². The molecular formula is C17H14N2O2. The van der Waals surface area contributed by atoms with Crippen LogP contribution in [0.15, 0.2) is 72.0 Å². The molecule has 0 spiro atoms. The molecule has 0 bridgehead atoms. The smallest absolute Gasteiger partial charge is 0.245 e. The Morgan fingerprint density at radius 3 is 2.48 bits per heavy atom. The number of hydrogen-bond donors (Lipinski definition) is 0. The average molecular weight is 278 g/mol. The van der Waals surface area contributed by atoms with Crippen LogP contribution >= 0.6 is 0 Å². The fraction of sp³-hybridized carbons (Fsp3) is 0.0588. The van der Waals surface area contributed by atoms with E-state index in [0.29, 0.717) is 11.3 Å². The summed E-state index contributed by atoms with van der Waals surface area (Å²) in [5.41, 5.74) is 1.41. The first-order chi connectivity index (χ1) is 10.3. The maximum atomic E-state index is 12.2. The molecule has 0 fully saturated rings. The van der Waals surface area contributed by atoms with E-state index in [4.69, 9.17) is 4.74 Å². The lowest BCUT2D eigenvalue weighted by atomic mass is 10.2. The molecule has 0 aliphatic rings.